The Kier molecular flexibility index (Phi) is 3.49. The third kappa shape index (κ3) is 2.88. The summed E-state index contributed by atoms with van der Waals surface area (Å²) >= 11 is 0. The topological polar surface area (TPSA) is 38.9 Å². The highest BCUT2D eigenvalue weighted by molar-refractivity contribution is 5.26. The van der Waals surface area contributed by atoms with Gasteiger partial charge in [0.1, 0.15) is 5.82 Å². The Morgan fingerprint density at radius 3 is 2.88 bits per heavy atom. The van der Waals surface area contributed by atoms with Crippen LogP contribution >= 0.6 is 0 Å². The van der Waals surface area contributed by atoms with Gasteiger partial charge in [-0.1, -0.05) is 29.8 Å². The average Bonchev–Trinajstić information content (AvgIpc) is 2.29. The second kappa shape index (κ2) is 5.06. The molecule has 0 radical (unpaired) electrons. The number of aryl methyl sites for hydroxylation is 1. The molecule has 2 rings (SSSR count). The average molecular weight is 230 g/mol. The first-order valence-corrected chi connectivity index (χ1v) is 5.57. The van der Waals surface area contributed by atoms with Crippen LogP contribution < -0.4 is 5.73 Å². The predicted octanol–water partition coefficient (Wildman–Crippen LogP) is 2.77. The Balaban J connectivity index is 2.17. The van der Waals surface area contributed by atoms with Crippen molar-refractivity contribution in [3.63, 3.8) is 0 Å². The van der Waals surface area contributed by atoms with E-state index in [1.54, 1.807) is 12.3 Å². The van der Waals surface area contributed by atoms with E-state index in [1.807, 2.05) is 25.1 Å². The fourth-order valence-corrected chi connectivity index (χ4v) is 1.89. The minimum absolute atomic E-state index is 0.334. The summed E-state index contributed by atoms with van der Waals surface area (Å²) in [5.74, 6) is -0.340. The van der Waals surface area contributed by atoms with Crippen molar-refractivity contribution in [2.75, 3.05) is 0 Å². The number of benzene rings is 1. The summed E-state index contributed by atoms with van der Waals surface area (Å²) in [6.45, 7) is 2.03. The van der Waals surface area contributed by atoms with E-state index in [9.17, 15) is 4.39 Å². The van der Waals surface area contributed by atoms with Crippen LogP contribution in [0.15, 0.2) is 42.7 Å². The van der Waals surface area contributed by atoms with Crippen LogP contribution in [0.4, 0.5) is 4.39 Å². The Hall–Kier alpha value is -1.74. The van der Waals surface area contributed by atoms with Crippen LogP contribution in [0.3, 0.4) is 0 Å². The van der Waals surface area contributed by atoms with Crippen LogP contribution in [0.1, 0.15) is 22.7 Å². The molecule has 1 unspecified atom stereocenters. The molecular weight excluding hydrogens is 215 g/mol. The van der Waals surface area contributed by atoms with Gasteiger partial charge >= 0.3 is 0 Å². The SMILES string of the molecule is Cc1cccc(CC(N)c2ccncc2F)c1. The summed E-state index contributed by atoms with van der Waals surface area (Å²) in [4.78, 5) is 3.72. The molecule has 1 atom stereocenters. The molecule has 0 fully saturated rings. The first-order valence-electron chi connectivity index (χ1n) is 5.57. The lowest BCUT2D eigenvalue weighted by molar-refractivity contribution is 0.574. The van der Waals surface area contributed by atoms with Gasteiger partial charge in [-0.15, -0.1) is 0 Å². The predicted molar refractivity (Wildman–Crippen MR) is 66.0 cm³/mol. The largest absolute Gasteiger partial charge is 0.324 e. The normalized spacial score (nSPS) is 12.4. The van der Waals surface area contributed by atoms with Crippen LogP contribution in [0.25, 0.3) is 0 Å². The third-order valence-corrected chi connectivity index (χ3v) is 2.74. The molecule has 1 heterocycles. The van der Waals surface area contributed by atoms with Crippen molar-refractivity contribution in [2.24, 2.45) is 5.73 Å². The van der Waals surface area contributed by atoms with Crippen LogP contribution in [0.2, 0.25) is 0 Å². The van der Waals surface area contributed by atoms with Crippen molar-refractivity contribution >= 4 is 0 Å². The standard InChI is InChI=1S/C14H15FN2/c1-10-3-2-4-11(7-10)8-14(16)12-5-6-17-9-13(12)15/h2-7,9,14H,8,16H2,1H3. The second-order valence-electron chi connectivity index (χ2n) is 4.20. The van der Waals surface area contributed by atoms with E-state index >= 15 is 0 Å². The number of aromatic nitrogens is 1. The molecular formula is C14H15FN2. The number of hydrogen-bond acceptors (Lipinski definition) is 2. The highest BCUT2D eigenvalue weighted by Gasteiger charge is 2.11. The zero-order valence-electron chi connectivity index (χ0n) is 9.73. The van der Waals surface area contributed by atoms with E-state index in [1.165, 1.54) is 11.8 Å². The smallest absolute Gasteiger partial charge is 0.146 e. The first-order chi connectivity index (χ1) is 8.16. The van der Waals surface area contributed by atoms with Crippen molar-refractivity contribution in [1.29, 1.82) is 0 Å². The lowest BCUT2D eigenvalue weighted by Gasteiger charge is -2.13. The van der Waals surface area contributed by atoms with Crippen LogP contribution in [-0.4, -0.2) is 4.98 Å². The molecule has 2 nitrogen and oxygen atoms in total. The van der Waals surface area contributed by atoms with Crippen LogP contribution in [0, 0.1) is 12.7 Å². The summed E-state index contributed by atoms with van der Waals surface area (Å²) in [7, 11) is 0. The van der Waals surface area contributed by atoms with Crippen molar-refractivity contribution in [1.82, 2.24) is 4.98 Å². The minimum Gasteiger partial charge on any atom is -0.324 e. The van der Waals surface area contributed by atoms with E-state index in [0.717, 1.165) is 5.56 Å². The molecule has 1 aromatic heterocycles. The highest BCUT2D eigenvalue weighted by Crippen LogP contribution is 2.18. The maximum Gasteiger partial charge on any atom is 0.146 e. The molecule has 0 bridgehead atoms. The van der Waals surface area contributed by atoms with Gasteiger partial charge in [0.15, 0.2) is 0 Å². The van der Waals surface area contributed by atoms with Crippen LogP contribution in [0.5, 0.6) is 0 Å². The molecule has 3 heteroatoms. The quantitative estimate of drug-likeness (QED) is 0.880. The molecule has 0 aliphatic heterocycles. The highest BCUT2D eigenvalue weighted by atomic mass is 19.1. The molecule has 1 aromatic carbocycles. The molecule has 88 valence electrons. The van der Waals surface area contributed by atoms with E-state index in [0.29, 0.717) is 12.0 Å². The molecule has 2 aromatic rings. The lowest BCUT2D eigenvalue weighted by Crippen LogP contribution is -2.15. The van der Waals surface area contributed by atoms with Gasteiger partial charge in [0, 0.05) is 17.8 Å². The molecule has 0 aliphatic rings. The van der Waals surface area contributed by atoms with Crippen molar-refractivity contribution in [3.05, 3.63) is 65.2 Å². The van der Waals surface area contributed by atoms with Crippen molar-refractivity contribution in [3.8, 4) is 0 Å². The summed E-state index contributed by atoms with van der Waals surface area (Å²) in [6.07, 6.45) is 3.39. The number of halogens is 1. The molecule has 17 heavy (non-hydrogen) atoms. The van der Waals surface area contributed by atoms with Gasteiger partial charge in [0.25, 0.3) is 0 Å². The zero-order valence-corrected chi connectivity index (χ0v) is 9.73. The Morgan fingerprint density at radius 1 is 1.35 bits per heavy atom. The minimum atomic E-state index is -0.340. The maximum atomic E-state index is 13.5. The van der Waals surface area contributed by atoms with Gasteiger partial charge in [-0.2, -0.15) is 0 Å². The molecule has 2 N–H and O–H groups in total. The molecule has 0 aliphatic carbocycles. The van der Waals surface area contributed by atoms with E-state index < -0.39 is 0 Å². The molecule has 0 amide bonds. The summed E-state index contributed by atoms with van der Waals surface area (Å²) in [5, 5.41) is 0. The number of rotatable bonds is 3. The van der Waals surface area contributed by atoms with Gasteiger partial charge in [-0.3, -0.25) is 4.98 Å². The van der Waals surface area contributed by atoms with Crippen molar-refractivity contribution in [2.45, 2.75) is 19.4 Å². The second-order valence-corrected chi connectivity index (χ2v) is 4.20. The fourth-order valence-electron chi connectivity index (χ4n) is 1.89. The van der Waals surface area contributed by atoms with Gasteiger partial charge in [-0.05, 0) is 25.0 Å². The summed E-state index contributed by atoms with van der Waals surface area (Å²) in [5.41, 5.74) is 8.83. The van der Waals surface area contributed by atoms with Gasteiger partial charge in [-0.25, -0.2) is 4.39 Å². The lowest BCUT2D eigenvalue weighted by atomic mass is 9.99. The summed E-state index contributed by atoms with van der Waals surface area (Å²) in [6, 6.07) is 9.39. The number of nitrogens with two attached hydrogens (primary N) is 1. The van der Waals surface area contributed by atoms with Crippen LogP contribution in [-0.2, 0) is 6.42 Å². The van der Waals surface area contributed by atoms with E-state index in [-0.39, 0.29) is 11.9 Å². The Morgan fingerprint density at radius 2 is 2.18 bits per heavy atom. The number of pyridine rings is 1. The number of nitrogens with zero attached hydrogens (tertiary/aromatic N) is 1. The monoisotopic (exact) mass is 230 g/mol. The Labute approximate surface area is 100 Å². The van der Waals surface area contributed by atoms with Gasteiger partial charge < -0.3 is 5.73 Å². The molecule has 0 spiro atoms. The van der Waals surface area contributed by atoms with E-state index in [2.05, 4.69) is 11.1 Å². The van der Waals surface area contributed by atoms with Gasteiger partial charge in [0.05, 0.1) is 6.20 Å². The van der Waals surface area contributed by atoms with E-state index in [4.69, 9.17) is 5.73 Å². The maximum absolute atomic E-state index is 13.5. The zero-order chi connectivity index (χ0) is 12.3. The van der Waals surface area contributed by atoms with Gasteiger partial charge in [0.2, 0.25) is 0 Å². The first kappa shape index (κ1) is 11.7. The Bertz CT molecular complexity index is 511. The molecule has 0 saturated carbocycles. The summed E-state index contributed by atoms with van der Waals surface area (Å²) < 4.78 is 13.5. The number of hydrogen-bond donors (Lipinski definition) is 1. The third-order valence-electron chi connectivity index (χ3n) is 2.74. The fraction of sp³-hybridized carbons (Fsp3) is 0.214. The van der Waals surface area contributed by atoms with Crippen molar-refractivity contribution < 1.29 is 4.39 Å². The molecule has 0 saturated heterocycles.